The number of unbranched alkanes of at least 4 members (excludes halogenated alkanes) is 1. The van der Waals surface area contributed by atoms with Crippen molar-refractivity contribution in [2.75, 3.05) is 36.9 Å². The van der Waals surface area contributed by atoms with Crippen molar-refractivity contribution in [3.63, 3.8) is 0 Å². The molecule has 0 unspecified atom stereocenters. The Bertz CT molecular complexity index is 755. The number of aromatic nitrogens is 3. The van der Waals surface area contributed by atoms with Gasteiger partial charge in [0.25, 0.3) is 5.91 Å². The van der Waals surface area contributed by atoms with Crippen LogP contribution in [0.3, 0.4) is 0 Å². The van der Waals surface area contributed by atoms with Gasteiger partial charge in [0, 0.05) is 37.8 Å². The van der Waals surface area contributed by atoms with Gasteiger partial charge in [-0.05, 0) is 56.6 Å². The summed E-state index contributed by atoms with van der Waals surface area (Å²) in [6, 6.07) is 7.69. The number of aryl methyl sites for hydroxylation is 1. The molecule has 1 fully saturated rings. The number of piperidine rings is 1. The SMILES string of the molecule is CCCCN(C)c1ccc(C(=O)Nc2nc(C3CCNCC3)nn2C)cc1.Cl. The van der Waals surface area contributed by atoms with E-state index in [0.717, 1.165) is 50.4 Å². The van der Waals surface area contributed by atoms with Crippen molar-refractivity contribution in [1.82, 2.24) is 20.1 Å². The van der Waals surface area contributed by atoms with E-state index in [0.29, 0.717) is 17.4 Å². The van der Waals surface area contributed by atoms with E-state index in [1.807, 2.05) is 31.3 Å². The number of amides is 1. The Balaban J connectivity index is 0.00000280. The Morgan fingerprint density at radius 1 is 1.29 bits per heavy atom. The highest BCUT2D eigenvalue weighted by molar-refractivity contribution is 6.03. The minimum Gasteiger partial charge on any atom is -0.375 e. The summed E-state index contributed by atoms with van der Waals surface area (Å²) in [5.74, 6) is 1.52. The van der Waals surface area contributed by atoms with E-state index in [4.69, 9.17) is 0 Å². The van der Waals surface area contributed by atoms with Crippen LogP contribution in [0.2, 0.25) is 0 Å². The molecule has 0 saturated carbocycles. The smallest absolute Gasteiger partial charge is 0.258 e. The molecule has 1 aliphatic rings. The number of nitrogens with zero attached hydrogens (tertiary/aromatic N) is 4. The van der Waals surface area contributed by atoms with Crippen LogP contribution in [0, 0.1) is 0 Å². The van der Waals surface area contributed by atoms with Crippen molar-refractivity contribution in [2.24, 2.45) is 7.05 Å². The molecule has 0 bridgehead atoms. The number of rotatable bonds is 7. The van der Waals surface area contributed by atoms with Gasteiger partial charge in [-0.3, -0.25) is 10.1 Å². The minimum absolute atomic E-state index is 0. The van der Waals surface area contributed by atoms with Gasteiger partial charge >= 0.3 is 0 Å². The molecule has 0 aliphatic carbocycles. The highest BCUT2D eigenvalue weighted by atomic mass is 35.5. The summed E-state index contributed by atoms with van der Waals surface area (Å²) in [7, 11) is 3.89. The molecule has 3 rings (SSSR count). The van der Waals surface area contributed by atoms with Gasteiger partial charge in [0.15, 0.2) is 5.82 Å². The molecule has 1 aromatic heterocycles. The second-order valence-electron chi connectivity index (χ2n) is 7.22. The van der Waals surface area contributed by atoms with Crippen LogP contribution >= 0.6 is 12.4 Å². The third-order valence-electron chi connectivity index (χ3n) is 5.13. The van der Waals surface area contributed by atoms with Crippen LogP contribution in [0.25, 0.3) is 0 Å². The molecule has 2 heterocycles. The van der Waals surface area contributed by atoms with Crippen LogP contribution in [-0.4, -0.2) is 47.4 Å². The summed E-state index contributed by atoms with van der Waals surface area (Å²) >= 11 is 0. The van der Waals surface area contributed by atoms with Crippen molar-refractivity contribution in [3.05, 3.63) is 35.7 Å². The molecule has 0 atom stereocenters. The lowest BCUT2D eigenvalue weighted by Crippen LogP contribution is -2.27. The summed E-state index contributed by atoms with van der Waals surface area (Å²) in [4.78, 5) is 19.4. The normalized spacial score (nSPS) is 14.4. The standard InChI is InChI=1S/C20H30N6O.ClH/c1-4-5-14-25(2)17-8-6-16(7-9-17)19(27)23-20-22-18(24-26(20)3)15-10-12-21-13-11-15;/h6-9,15,21H,4-5,10-14H2,1-3H3,(H,22,23,24,27);1H. The molecule has 1 amide bonds. The molecule has 7 nitrogen and oxygen atoms in total. The van der Waals surface area contributed by atoms with E-state index in [-0.39, 0.29) is 18.3 Å². The molecule has 154 valence electrons. The fourth-order valence-electron chi connectivity index (χ4n) is 3.33. The number of carbonyl (C=O) groups is 1. The van der Waals surface area contributed by atoms with Crippen LogP contribution in [0.15, 0.2) is 24.3 Å². The summed E-state index contributed by atoms with van der Waals surface area (Å²) in [6.45, 7) is 5.18. The molecule has 0 radical (unpaired) electrons. The Kier molecular flexibility index (Phi) is 8.26. The maximum atomic E-state index is 12.6. The first-order chi connectivity index (χ1) is 13.1. The summed E-state index contributed by atoms with van der Waals surface area (Å²) in [6.07, 6.45) is 4.39. The lowest BCUT2D eigenvalue weighted by molar-refractivity contribution is 0.102. The van der Waals surface area contributed by atoms with Gasteiger partial charge in [0.1, 0.15) is 0 Å². The van der Waals surface area contributed by atoms with Crippen molar-refractivity contribution in [2.45, 2.75) is 38.5 Å². The quantitative estimate of drug-likeness (QED) is 0.738. The predicted molar refractivity (Wildman–Crippen MR) is 116 cm³/mol. The van der Waals surface area contributed by atoms with E-state index < -0.39 is 0 Å². The van der Waals surface area contributed by atoms with Gasteiger partial charge in [0.2, 0.25) is 5.95 Å². The average Bonchev–Trinajstić information content (AvgIpc) is 3.07. The number of carbonyl (C=O) groups excluding carboxylic acids is 1. The van der Waals surface area contributed by atoms with Crippen LogP contribution in [0.5, 0.6) is 0 Å². The summed E-state index contributed by atoms with van der Waals surface area (Å²) in [5, 5.41) is 10.7. The zero-order valence-electron chi connectivity index (χ0n) is 16.9. The summed E-state index contributed by atoms with van der Waals surface area (Å²) in [5.41, 5.74) is 1.74. The number of anilines is 2. The predicted octanol–water partition coefficient (Wildman–Crippen LogP) is 3.19. The first kappa shape index (κ1) is 22.2. The van der Waals surface area contributed by atoms with E-state index >= 15 is 0 Å². The Hall–Kier alpha value is -2.12. The molecule has 2 aromatic rings. The average molecular weight is 407 g/mol. The number of hydrogen-bond donors (Lipinski definition) is 2. The lowest BCUT2D eigenvalue weighted by atomic mass is 9.98. The fourth-order valence-corrected chi connectivity index (χ4v) is 3.33. The number of halogens is 1. The molecule has 2 N–H and O–H groups in total. The highest BCUT2D eigenvalue weighted by Crippen LogP contribution is 2.23. The first-order valence-electron chi connectivity index (χ1n) is 9.82. The van der Waals surface area contributed by atoms with Crippen LogP contribution < -0.4 is 15.5 Å². The molecular formula is C20H31ClN6O. The van der Waals surface area contributed by atoms with Crippen LogP contribution in [-0.2, 0) is 7.05 Å². The zero-order chi connectivity index (χ0) is 19.2. The monoisotopic (exact) mass is 406 g/mol. The zero-order valence-corrected chi connectivity index (χ0v) is 17.8. The third kappa shape index (κ3) is 5.45. The van der Waals surface area contributed by atoms with Crippen molar-refractivity contribution < 1.29 is 4.79 Å². The minimum atomic E-state index is -0.162. The molecule has 1 aromatic carbocycles. The van der Waals surface area contributed by atoms with Crippen molar-refractivity contribution >= 4 is 29.9 Å². The maximum Gasteiger partial charge on any atom is 0.258 e. The molecule has 1 saturated heterocycles. The molecule has 28 heavy (non-hydrogen) atoms. The Morgan fingerprint density at radius 2 is 1.96 bits per heavy atom. The number of hydrogen-bond acceptors (Lipinski definition) is 5. The Labute approximate surface area is 173 Å². The third-order valence-corrected chi connectivity index (χ3v) is 5.13. The van der Waals surface area contributed by atoms with E-state index in [1.54, 1.807) is 4.68 Å². The lowest BCUT2D eigenvalue weighted by Gasteiger charge is -2.19. The number of benzene rings is 1. The van der Waals surface area contributed by atoms with Crippen molar-refractivity contribution in [3.8, 4) is 0 Å². The van der Waals surface area contributed by atoms with E-state index in [1.165, 1.54) is 6.42 Å². The highest BCUT2D eigenvalue weighted by Gasteiger charge is 2.21. The molecule has 1 aliphatic heterocycles. The topological polar surface area (TPSA) is 75.1 Å². The molecular weight excluding hydrogens is 376 g/mol. The van der Waals surface area contributed by atoms with Gasteiger partial charge in [-0.1, -0.05) is 13.3 Å². The fraction of sp³-hybridized carbons (Fsp3) is 0.550. The largest absolute Gasteiger partial charge is 0.375 e. The first-order valence-corrected chi connectivity index (χ1v) is 9.82. The van der Waals surface area contributed by atoms with Gasteiger partial charge in [0.05, 0.1) is 0 Å². The van der Waals surface area contributed by atoms with E-state index in [2.05, 4.69) is 39.6 Å². The van der Waals surface area contributed by atoms with Gasteiger partial charge in [-0.2, -0.15) is 10.1 Å². The van der Waals surface area contributed by atoms with Gasteiger partial charge < -0.3 is 10.2 Å². The number of nitrogens with one attached hydrogen (secondary N) is 2. The maximum absolute atomic E-state index is 12.6. The second kappa shape index (κ2) is 10.4. The Morgan fingerprint density at radius 3 is 2.61 bits per heavy atom. The van der Waals surface area contributed by atoms with E-state index in [9.17, 15) is 4.79 Å². The van der Waals surface area contributed by atoms with Gasteiger partial charge in [-0.25, -0.2) is 4.68 Å². The second-order valence-corrected chi connectivity index (χ2v) is 7.22. The summed E-state index contributed by atoms with van der Waals surface area (Å²) < 4.78 is 1.65. The van der Waals surface area contributed by atoms with Crippen LogP contribution in [0.1, 0.15) is 54.7 Å². The molecule has 8 heteroatoms. The van der Waals surface area contributed by atoms with Crippen molar-refractivity contribution in [1.29, 1.82) is 0 Å². The van der Waals surface area contributed by atoms with Gasteiger partial charge in [-0.15, -0.1) is 12.4 Å². The molecule has 0 spiro atoms. The van der Waals surface area contributed by atoms with Crippen LogP contribution in [0.4, 0.5) is 11.6 Å².